The van der Waals surface area contributed by atoms with Crippen LogP contribution in [-0.4, -0.2) is 32.8 Å². The van der Waals surface area contributed by atoms with Gasteiger partial charge < -0.3 is 9.84 Å². The fraction of sp³-hybridized carbons (Fsp3) is 0.444. The van der Waals surface area contributed by atoms with Crippen LogP contribution >= 0.6 is 34.7 Å². The summed E-state index contributed by atoms with van der Waals surface area (Å²) in [6.07, 6.45) is 5.92. The van der Waals surface area contributed by atoms with Crippen LogP contribution in [0.3, 0.4) is 0 Å². The molecule has 3 aromatic rings. The Balaban J connectivity index is 1.21. The Morgan fingerprint density at radius 3 is 2.89 bits per heavy atom. The maximum absolute atomic E-state index is 12.6. The maximum atomic E-state index is 12.6. The Labute approximate surface area is 168 Å². The molecule has 0 aliphatic heterocycles. The Morgan fingerprint density at radius 2 is 2.15 bits per heavy atom. The van der Waals surface area contributed by atoms with Gasteiger partial charge in [-0.05, 0) is 50.1 Å². The number of fused-ring (bicyclic) bond motifs is 2. The summed E-state index contributed by atoms with van der Waals surface area (Å²) >= 11 is 9.46. The van der Waals surface area contributed by atoms with Gasteiger partial charge in [-0.2, -0.15) is 16.7 Å². The Bertz CT molecular complexity index is 1110. The molecule has 138 valence electrons. The minimum Gasteiger partial charge on any atom is -0.341 e. The van der Waals surface area contributed by atoms with E-state index in [2.05, 4.69) is 15.5 Å². The van der Waals surface area contributed by atoms with Crippen molar-refractivity contribution in [2.45, 2.75) is 41.4 Å². The lowest BCUT2D eigenvalue weighted by Gasteiger charge is -2.04. The molecule has 27 heavy (non-hydrogen) atoms. The summed E-state index contributed by atoms with van der Waals surface area (Å²) < 4.78 is 6.26. The molecule has 1 aromatic carbocycles. The molecule has 3 aliphatic rings. The Morgan fingerprint density at radius 1 is 1.33 bits per heavy atom. The molecule has 6 nitrogen and oxygen atoms in total. The van der Waals surface area contributed by atoms with Gasteiger partial charge in [0.15, 0.2) is 5.82 Å². The molecule has 1 N–H and O–H groups in total. The minimum absolute atomic E-state index is 0.0291. The van der Waals surface area contributed by atoms with Gasteiger partial charge in [-0.1, -0.05) is 16.8 Å². The molecule has 3 saturated carbocycles. The van der Waals surface area contributed by atoms with Crippen molar-refractivity contribution in [2.24, 2.45) is 0 Å². The smallest absolute Gasteiger partial charge is 0.316 e. The number of carbonyl (C=O) groups excluding carboxylic acids is 1. The van der Waals surface area contributed by atoms with Gasteiger partial charge in [-0.3, -0.25) is 4.79 Å². The number of hydrogen-bond donors (Lipinski definition) is 1. The molecule has 3 fully saturated rings. The minimum atomic E-state index is -0.283. The topological polar surface area (TPSA) is 80.9 Å². The first-order chi connectivity index (χ1) is 13.0. The quantitative estimate of drug-likeness (QED) is 0.676. The molecule has 3 aliphatic carbocycles. The van der Waals surface area contributed by atoms with Crippen molar-refractivity contribution in [3.8, 4) is 0 Å². The van der Waals surface area contributed by atoms with Crippen LogP contribution in [0.25, 0.3) is 10.2 Å². The third kappa shape index (κ3) is 2.20. The SMILES string of the molecule is CSC1(c2noc(C(=O)NC34CC3(c3nc5ccc(Cl)cc5s3)C4)n2)CC1. The lowest BCUT2D eigenvalue weighted by Crippen LogP contribution is -2.31. The standard InChI is InChI=1S/C18H15ClN4O2S2/c1-26-17(4-5-17)14-21-13(25-23-14)12(24)22-18-7-16(18,8-18)15-20-10-3-2-9(19)6-11(10)27-15/h2-3,6H,4-5,7-8H2,1H3,(H,22,24). The number of amides is 1. The Hall–Kier alpha value is -1.64. The van der Waals surface area contributed by atoms with Gasteiger partial charge in [-0.15, -0.1) is 11.3 Å². The lowest BCUT2D eigenvalue weighted by molar-refractivity contribution is 0.0898. The first-order valence-electron chi connectivity index (χ1n) is 8.78. The summed E-state index contributed by atoms with van der Waals surface area (Å²) in [6.45, 7) is 0. The number of thioether (sulfide) groups is 1. The molecule has 0 bridgehead atoms. The fourth-order valence-corrected chi connectivity index (χ4v) is 6.27. The monoisotopic (exact) mass is 418 g/mol. The Kier molecular flexibility index (Phi) is 3.05. The van der Waals surface area contributed by atoms with Crippen molar-refractivity contribution in [3.05, 3.63) is 39.9 Å². The second kappa shape index (κ2) is 5.04. The van der Waals surface area contributed by atoms with Crippen molar-refractivity contribution >= 4 is 50.8 Å². The van der Waals surface area contributed by atoms with Crippen molar-refractivity contribution < 1.29 is 9.32 Å². The first-order valence-corrected chi connectivity index (χ1v) is 11.2. The molecule has 2 aromatic heterocycles. The molecule has 0 saturated heterocycles. The number of nitrogens with zero attached hydrogens (tertiary/aromatic N) is 3. The number of nitrogens with one attached hydrogen (secondary N) is 1. The number of benzene rings is 1. The number of thiazole rings is 1. The van der Waals surface area contributed by atoms with Crippen molar-refractivity contribution in [1.29, 1.82) is 0 Å². The van der Waals surface area contributed by atoms with Crippen molar-refractivity contribution in [1.82, 2.24) is 20.4 Å². The third-order valence-electron chi connectivity index (χ3n) is 6.11. The molecule has 0 radical (unpaired) electrons. The zero-order valence-electron chi connectivity index (χ0n) is 14.4. The van der Waals surface area contributed by atoms with Gasteiger partial charge in [0.25, 0.3) is 0 Å². The molecule has 0 unspecified atom stereocenters. The molecular formula is C18H15ClN4O2S2. The van der Waals surface area contributed by atoms with Gasteiger partial charge in [0.2, 0.25) is 0 Å². The predicted octanol–water partition coefficient (Wildman–Crippen LogP) is 3.90. The highest BCUT2D eigenvalue weighted by molar-refractivity contribution is 7.99. The average molecular weight is 419 g/mol. The van der Waals surface area contributed by atoms with E-state index in [1.54, 1.807) is 23.1 Å². The van der Waals surface area contributed by atoms with Crippen molar-refractivity contribution in [3.63, 3.8) is 0 Å². The van der Waals surface area contributed by atoms with E-state index in [4.69, 9.17) is 21.1 Å². The molecule has 0 spiro atoms. The van der Waals surface area contributed by atoms with E-state index in [0.29, 0.717) is 10.8 Å². The average Bonchev–Trinajstić information content (AvgIpc) is 3.54. The second-order valence-electron chi connectivity index (χ2n) is 7.72. The number of halogens is 1. The van der Waals surface area contributed by atoms with Crippen molar-refractivity contribution in [2.75, 3.05) is 6.26 Å². The van der Waals surface area contributed by atoms with E-state index in [0.717, 1.165) is 40.9 Å². The summed E-state index contributed by atoms with van der Waals surface area (Å²) in [4.78, 5) is 21.7. The van der Waals surface area contributed by atoms with Gasteiger partial charge in [-0.25, -0.2) is 4.98 Å². The first kappa shape index (κ1) is 16.3. The van der Waals surface area contributed by atoms with E-state index < -0.39 is 0 Å². The van der Waals surface area contributed by atoms with Gasteiger partial charge in [0, 0.05) is 10.4 Å². The number of aromatic nitrogens is 3. The maximum Gasteiger partial charge on any atom is 0.316 e. The predicted molar refractivity (Wildman–Crippen MR) is 104 cm³/mol. The highest BCUT2D eigenvalue weighted by atomic mass is 35.5. The van der Waals surface area contributed by atoms with Crippen LogP contribution in [0.2, 0.25) is 5.02 Å². The van der Waals surface area contributed by atoms with Gasteiger partial charge in [0.1, 0.15) is 5.01 Å². The van der Waals surface area contributed by atoms with Crippen LogP contribution in [0.1, 0.15) is 47.2 Å². The fourth-order valence-electron chi connectivity index (χ4n) is 3.96. The van der Waals surface area contributed by atoms with Crippen LogP contribution in [-0.2, 0) is 10.2 Å². The number of hydrogen-bond acceptors (Lipinski definition) is 7. The number of rotatable bonds is 5. The zero-order valence-corrected chi connectivity index (χ0v) is 16.8. The molecule has 2 heterocycles. The molecular weight excluding hydrogens is 404 g/mol. The third-order valence-corrected chi connectivity index (χ3v) is 8.94. The van der Waals surface area contributed by atoms with Crippen LogP contribution in [0, 0.1) is 0 Å². The summed E-state index contributed by atoms with van der Waals surface area (Å²) in [5, 5.41) is 8.94. The second-order valence-corrected chi connectivity index (χ2v) is 10.4. The van der Waals surface area contributed by atoms with E-state index >= 15 is 0 Å². The van der Waals surface area contributed by atoms with Crippen LogP contribution < -0.4 is 5.32 Å². The van der Waals surface area contributed by atoms with Gasteiger partial charge >= 0.3 is 11.8 Å². The normalized spacial score (nSPS) is 29.4. The number of carbonyl (C=O) groups is 1. The van der Waals surface area contributed by atoms with E-state index in [1.165, 1.54) is 0 Å². The summed E-state index contributed by atoms with van der Waals surface area (Å²) in [5.74, 6) is 0.413. The molecule has 9 heteroatoms. The van der Waals surface area contributed by atoms with Crippen LogP contribution in [0.15, 0.2) is 22.7 Å². The molecule has 1 amide bonds. The summed E-state index contributed by atoms with van der Waals surface area (Å²) in [7, 11) is 0. The van der Waals surface area contributed by atoms with E-state index in [1.807, 2.05) is 24.5 Å². The summed E-state index contributed by atoms with van der Waals surface area (Å²) in [6, 6.07) is 5.74. The van der Waals surface area contributed by atoms with E-state index in [-0.39, 0.29) is 27.5 Å². The summed E-state index contributed by atoms with van der Waals surface area (Å²) in [5.41, 5.74) is 0.729. The largest absolute Gasteiger partial charge is 0.341 e. The molecule has 0 atom stereocenters. The van der Waals surface area contributed by atoms with Crippen LogP contribution in [0.4, 0.5) is 0 Å². The highest BCUT2D eigenvalue weighted by Crippen LogP contribution is 2.79. The van der Waals surface area contributed by atoms with Gasteiger partial charge in [0.05, 0.1) is 20.5 Å². The highest BCUT2D eigenvalue weighted by Gasteiger charge is 2.86. The van der Waals surface area contributed by atoms with Crippen LogP contribution in [0.5, 0.6) is 0 Å². The lowest BCUT2D eigenvalue weighted by atomic mass is 10.2. The zero-order chi connectivity index (χ0) is 18.4. The molecule has 6 rings (SSSR count). The van der Waals surface area contributed by atoms with E-state index in [9.17, 15) is 4.79 Å².